The van der Waals surface area contributed by atoms with E-state index in [1.165, 1.54) is 38.6 Å². The molecule has 1 aromatic rings. The average molecular weight is 373 g/mol. The molecule has 2 N–H and O–H groups in total. The van der Waals surface area contributed by atoms with Gasteiger partial charge in [0.15, 0.2) is 0 Å². The van der Waals surface area contributed by atoms with Gasteiger partial charge in [0.2, 0.25) is 5.91 Å². The van der Waals surface area contributed by atoms with Crippen molar-refractivity contribution in [2.24, 2.45) is 5.92 Å². The van der Waals surface area contributed by atoms with E-state index in [9.17, 15) is 9.59 Å². The number of carbonyl (C=O) groups excluding carboxylic acids is 2. The molecule has 0 bridgehead atoms. The highest BCUT2D eigenvalue weighted by atomic mass is 16.2. The van der Waals surface area contributed by atoms with E-state index in [0.29, 0.717) is 5.69 Å². The molecule has 1 aliphatic heterocycles. The predicted octanol–water partition coefficient (Wildman–Crippen LogP) is 2.92. The molecular formula is C21H32N4O2. The number of benzene rings is 1. The molecule has 1 saturated heterocycles. The summed E-state index contributed by atoms with van der Waals surface area (Å²) in [5.74, 6) is 0.611. The van der Waals surface area contributed by atoms with Gasteiger partial charge in [-0.2, -0.15) is 0 Å². The molecule has 1 saturated carbocycles. The van der Waals surface area contributed by atoms with Gasteiger partial charge in [-0.25, -0.2) is 4.79 Å². The van der Waals surface area contributed by atoms with E-state index in [2.05, 4.69) is 20.4 Å². The molecule has 0 atom stereocenters. The van der Waals surface area contributed by atoms with Crippen LogP contribution >= 0.6 is 0 Å². The first-order chi connectivity index (χ1) is 13.2. The fourth-order valence-corrected chi connectivity index (χ4v) is 4.15. The normalized spacial score (nSPS) is 20.0. The summed E-state index contributed by atoms with van der Waals surface area (Å²) < 4.78 is 0. The number of hydrogen-bond donors (Lipinski definition) is 2. The number of hydrogen-bond acceptors (Lipinski definition) is 4. The molecule has 2 fully saturated rings. The molecule has 2 aliphatic rings. The van der Waals surface area contributed by atoms with Crippen molar-refractivity contribution >= 4 is 17.6 Å². The maximum absolute atomic E-state index is 12.2. The highest BCUT2D eigenvalue weighted by Gasteiger charge is 2.21. The maximum atomic E-state index is 12.2. The van der Waals surface area contributed by atoms with Gasteiger partial charge in [0.1, 0.15) is 0 Å². The number of urea groups is 1. The van der Waals surface area contributed by atoms with Crippen molar-refractivity contribution in [3.8, 4) is 0 Å². The van der Waals surface area contributed by atoms with E-state index < -0.39 is 6.03 Å². The zero-order valence-corrected chi connectivity index (χ0v) is 16.2. The summed E-state index contributed by atoms with van der Waals surface area (Å²) in [5, 5.41) is 5.11. The van der Waals surface area contributed by atoms with Crippen LogP contribution in [0.2, 0.25) is 0 Å². The summed E-state index contributed by atoms with van der Waals surface area (Å²) in [7, 11) is 0. The smallest absolute Gasteiger partial charge is 0.308 e. The van der Waals surface area contributed by atoms with Crippen LogP contribution in [0, 0.1) is 5.92 Å². The van der Waals surface area contributed by atoms with Crippen LogP contribution in [0.4, 0.5) is 10.5 Å². The first-order valence-corrected chi connectivity index (χ1v) is 10.3. The average Bonchev–Trinajstić information content (AvgIpc) is 2.88. The lowest BCUT2D eigenvalue weighted by atomic mass is 9.89. The van der Waals surface area contributed by atoms with E-state index in [4.69, 9.17) is 0 Å². The summed E-state index contributed by atoms with van der Waals surface area (Å²) >= 11 is 0. The van der Waals surface area contributed by atoms with Crippen molar-refractivity contribution < 1.29 is 9.59 Å². The van der Waals surface area contributed by atoms with Crippen molar-refractivity contribution in [3.05, 3.63) is 30.3 Å². The number of para-hydroxylation sites is 1. The Balaban J connectivity index is 1.37. The number of carbonyl (C=O) groups is 2. The standard InChI is InChI=1S/C21H32N4O2/c26-20(23-21(27)22-19-10-5-2-6-11-19)17-25-13-7-12-24(14-15-25)16-18-8-3-1-4-9-18/h2,5-6,10-11,18H,1,3-4,7-9,12-17H2,(H2,22,23,26,27). The molecule has 0 aromatic heterocycles. The van der Waals surface area contributed by atoms with Crippen molar-refractivity contribution in [1.29, 1.82) is 0 Å². The fourth-order valence-electron chi connectivity index (χ4n) is 4.15. The van der Waals surface area contributed by atoms with Crippen LogP contribution in [0.15, 0.2) is 30.3 Å². The molecule has 3 rings (SSSR count). The molecular weight excluding hydrogens is 340 g/mol. The highest BCUT2D eigenvalue weighted by Crippen LogP contribution is 2.24. The second kappa shape index (κ2) is 10.4. The van der Waals surface area contributed by atoms with Gasteiger partial charge in [0.05, 0.1) is 6.54 Å². The molecule has 0 radical (unpaired) electrons. The van der Waals surface area contributed by atoms with Crippen LogP contribution in [0.5, 0.6) is 0 Å². The topological polar surface area (TPSA) is 64.7 Å². The summed E-state index contributed by atoms with van der Waals surface area (Å²) in [6.07, 6.45) is 8.00. The second-order valence-corrected chi connectivity index (χ2v) is 7.80. The minimum Gasteiger partial charge on any atom is -0.308 e. The van der Waals surface area contributed by atoms with Crippen LogP contribution in [0.3, 0.4) is 0 Å². The van der Waals surface area contributed by atoms with Crippen molar-refractivity contribution in [1.82, 2.24) is 15.1 Å². The Labute approximate surface area is 162 Å². The van der Waals surface area contributed by atoms with Crippen LogP contribution in [-0.4, -0.2) is 61.0 Å². The van der Waals surface area contributed by atoms with Gasteiger partial charge in [-0.1, -0.05) is 37.5 Å². The monoisotopic (exact) mass is 372 g/mol. The lowest BCUT2D eigenvalue weighted by Gasteiger charge is -2.28. The van der Waals surface area contributed by atoms with Crippen LogP contribution in [0.1, 0.15) is 38.5 Å². The molecule has 1 aromatic carbocycles. The minimum absolute atomic E-state index is 0.246. The Morgan fingerprint density at radius 2 is 1.59 bits per heavy atom. The van der Waals surface area contributed by atoms with Crippen molar-refractivity contribution in [3.63, 3.8) is 0 Å². The summed E-state index contributed by atoms with van der Waals surface area (Å²) in [4.78, 5) is 28.9. The number of imide groups is 1. The van der Waals surface area contributed by atoms with Crippen LogP contribution in [0.25, 0.3) is 0 Å². The molecule has 0 spiro atoms. The van der Waals surface area contributed by atoms with E-state index in [-0.39, 0.29) is 12.5 Å². The van der Waals surface area contributed by atoms with Gasteiger partial charge in [0.25, 0.3) is 0 Å². The van der Waals surface area contributed by atoms with Crippen molar-refractivity contribution in [2.45, 2.75) is 38.5 Å². The molecule has 6 nitrogen and oxygen atoms in total. The minimum atomic E-state index is -0.472. The third-order valence-corrected chi connectivity index (χ3v) is 5.57. The summed E-state index contributed by atoms with van der Waals surface area (Å²) in [5.41, 5.74) is 0.677. The first-order valence-electron chi connectivity index (χ1n) is 10.3. The zero-order chi connectivity index (χ0) is 18.9. The van der Waals surface area contributed by atoms with Gasteiger partial charge in [0, 0.05) is 25.3 Å². The third kappa shape index (κ3) is 6.96. The Morgan fingerprint density at radius 1 is 0.889 bits per heavy atom. The molecule has 3 amide bonds. The van der Waals surface area contributed by atoms with Gasteiger partial charge in [-0.3, -0.25) is 15.0 Å². The SMILES string of the molecule is O=C(CN1CCCN(CC2CCCCC2)CC1)NC(=O)Nc1ccccc1. The summed E-state index contributed by atoms with van der Waals surface area (Å²) in [6, 6.07) is 8.67. The number of nitrogens with zero attached hydrogens (tertiary/aromatic N) is 2. The van der Waals surface area contributed by atoms with Gasteiger partial charge >= 0.3 is 6.03 Å². The molecule has 1 aliphatic carbocycles. The predicted molar refractivity (Wildman–Crippen MR) is 108 cm³/mol. The van der Waals surface area contributed by atoms with Crippen LogP contribution < -0.4 is 10.6 Å². The van der Waals surface area contributed by atoms with Gasteiger partial charge in [-0.05, 0) is 50.4 Å². The fraction of sp³-hybridized carbons (Fsp3) is 0.619. The Morgan fingerprint density at radius 3 is 2.37 bits per heavy atom. The quantitative estimate of drug-likeness (QED) is 0.834. The van der Waals surface area contributed by atoms with E-state index in [0.717, 1.165) is 38.5 Å². The zero-order valence-electron chi connectivity index (χ0n) is 16.2. The second-order valence-electron chi connectivity index (χ2n) is 7.80. The number of amides is 3. The number of rotatable bonds is 5. The number of anilines is 1. The lowest BCUT2D eigenvalue weighted by molar-refractivity contribution is -0.121. The molecule has 27 heavy (non-hydrogen) atoms. The molecule has 0 unspecified atom stereocenters. The third-order valence-electron chi connectivity index (χ3n) is 5.57. The lowest BCUT2D eigenvalue weighted by Crippen LogP contribution is -2.43. The molecule has 148 valence electrons. The Hall–Kier alpha value is -1.92. The molecule has 1 heterocycles. The van der Waals surface area contributed by atoms with Crippen LogP contribution in [-0.2, 0) is 4.79 Å². The maximum Gasteiger partial charge on any atom is 0.325 e. The van der Waals surface area contributed by atoms with Gasteiger partial charge in [-0.15, -0.1) is 0 Å². The van der Waals surface area contributed by atoms with Gasteiger partial charge < -0.3 is 10.2 Å². The van der Waals surface area contributed by atoms with E-state index in [1.54, 1.807) is 12.1 Å². The van der Waals surface area contributed by atoms with E-state index in [1.807, 2.05) is 18.2 Å². The Kier molecular flexibility index (Phi) is 7.66. The summed E-state index contributed by atoms with van der Waals surface area (Å²) in [6.45, 7) is 5.41. The molecule has 6 heteroatoms. The Bertz CT molecular complexity index is 601. The van der Waals surface area contributed by atoms with Crippen molar-refractivity contribution in [2.75, 3.05) is 44.6 Å². The largest absolute Gasteiger partial charge is 0.325 e. The number of nitrogens with one attached hydrogen (secondary N) is 2. The highest BCUT2D eigenvalue weighted by molar-refractivity contribution is 6.01. The first kappa shape index (κ1) is 19.8. The van der Waals surface area contributed by atoms with E-state index >= 15 is 0 Å².